The Bertz CT molecular complexity index is 376. The monoisotopic (exact) mass is 266 g/mol. The van der Waals surface area contributed by atoms with Gasteiger partial charge in [-0.1, -0.05) is 12.1 Å². The minimum absolute atomic E-state index is 0.272. The highest BCUT2D eigenvalue weighted by atomic mass is 19.1. The van der Waals surface area contributed by atoms with E-state index in [0.717, 1.165) is 12.1 Å². The van der Waals surface area contributed by atoms with Crippen molar-refractivity contribution >= 4 is 0 Å². The molecule has 2 atom stereocenters. The summed E-state index contributed by atoms with van der Waals surface area (Å²) < 4.78 is 12.8. The lowest BCUT2D eigenvalue weighted by Crippen LogP contribution is -2.39. The average molecular weight is 266 g/mol. The Balaban J connectivity index is 1.73. The summed E-state index contributed by atoms with van der Waals surface area (Å²) in [5.41, 5.74) is 0.752. The van der Waals surface area contributed by atoms with Crippen LogP contribution in [0.1, 0.15) is 31.4 Å². The van der Waals surface area contributed by atoms with Crippen LogP contribution in [0.5, 0.6) is 0 Å². The molecule has 1 aliphatic rings. The zero-order valence-corrected chi connectivity index (χ0v) is 11.5. The van der Waals surface area contributed by atoms with E-state index in [1.54, 1.807) is 12.1 Å². The van der Waals surface area contributed by atoms with E-state index in [4.69, 9.17) is 0 Å². The van der Waals surface area contributed by atoms with E-state index in [1.165, 1.54) is 38.1 Å². The Labute approximate surface area is 114 Å². The Morgan fingerprint density at radius 1 is 1.26 bits per heavy atom. The van der Waals surface area contributed by atoms with Gasteiger partial charge < -0.3 is 15.3 Å². The molecule has 1 heterocycles. The third kappa shape index (κ3) is 4.56. The molecule has 0 bridgehead atoms. The van der Waals surface area contributed by atoms with E-state index in [0.29, 0.717) is 12.6 Å². The third-order valence-electron chi connectivity index (χ3n) is 3.65. The van der Waals surface area contributed by atoms with Gasteiger partial charge in [-0.05, 0) is 50.6 Å². The highest BCUT2D eigenvalue weighted by Gasteiger charge is 2.15. The standard InChI is InChI=1S/C15H23FN2O/c1-12(11-18-8-2-3-9-18)17-10-15(19)13-4-6-14(16)7-5-13/h4-7,12,15,17,19H,2-3,8-11H2,1H3. The number of nitrogens with zero attached hydrogens (tertiary/aromatic N) is 1. The highest BCUT2D eigenvalue weighted by molar-refractivity contribution is 5.18. The maximum Gasteiger partial charge on any atom is 0.123 e. The van der Waals surface area contributed by atoms with Crippen LogP contribution in [0, 0.1) is 5.82 Å². The van der Waals surface area contributed by atoms with E-state index in [9.17, 15) is 9.50 Å². The molecule has 19 heavy (non-hydrogen) atoms. The fourth-order valence-corrected chi connectivity index (χ4v) is 2.53. The first-order chi connectivity index (χ1) is 9.15. The molecule has 2 N–H and O–H groups in total. The highest BCUT2D eigenvalue weighted by Crippen LogP contribution is 2.13. The summed E-state index contributed by atoms with van der Waals surface area (Å²) in [6.45, 7) is 6.03. The van der Waals surface area contributed by atoms with Crippen molar-refractivity contribution in [3.63, 3.8) is 0 Å². The quantitative estimate of drug-likeness (QED) is 0.826. The molecule has 0 aromatic heterocycles. The molecule has 4 heteroatoms. The molecule has 1 fully saturated rings. The zero-order chi connectivity index (χ0) is 13.7. The van der Waals surface area contributed by atoms with Gasteiger partial charge in [-0.2, -0.15) is 0 Å². The van der Waals surface area contributed by atoms with E-state index in [1.807, 2.05) is 0 Å². The summed E-state index contributed by atoms with van der Waals surface area (Å²) in [6, 6.07) is 6.38. The van der Waals surface area contributed by atoms with Crippen LogP contribution in [-0.4, -0.2) is 42.2 Å². The summed E-state index contributed by atoms with van der Waals surface area (Å²) in [5, 5.41) is 13.4. The van der Waals surface area contributed by atoms with Crippen LogP contribution in [0.3, 0.4) is 0 Å². The molecule has 2 unspecified atom stereocenters. The smallest absolute Gasteiger partial charge is 0.123 e. The van der Waals surface area contributed by atoms with Crippen molar-refractivity contribution in [2.75, 3.05) is 26.2 Å². The van der Waals surface area contributed by atoms with Crippen molar-refractivity contribution in [1.29, 1.82) is 0 Å². The van der Waals surface area contributed by atoms with Crippen LogP contribution >= 0.6 is 0 Å². The number of hydrogen-bond acceptors (Lipinski definition) is 3. The van der Waals surface area contributed by atoms with Crippen LogP contribution in [0.25, 0.3) is 0 Å². The maximum atomic E-state index is 12.8. The van der Waals surface area contributed by atoms with Gasteiger partial charge in [0.05, 0.1) is 6.10 Å². The van der Waals surface area contributed by atoms with E-state index in [2.05, 4.69) is 17.1 Å². The number of rotatable bonds is 6. The Morgan fingerprint density at radius 3 is 2.53 bits per heavy atom. The topological polar surface area (TPSA) is 35.5 Å². The molecule has 3 nitrogen and oxygen atoms in total. The van der Waals surface area contributed by atoms with Gasteiger partial charge in [0, 0.05) is 19.1 Å². The van der Waals surface area contributed by atoms with Gasteiger partial charge in [-0.15, -0.1) is 0 Å². The van der Waals surface area contributed by atoms with Gasteiger partial charge in [-0.25, -0.2) is 4.39 Å². The maximum absolute atomic E-state index is 12.8. The van der Waals surface area contributed by atoms with E-state index >= 15 is 0 Å². The molecular formula is C15H23FN2O. The molecule has 0 amide bonds. The summed E-state index contributed by atoms with van der Waals surface area (Å²) in [4.78, 5) is 2.45. The molecule has 1 aromatic rings. The molecule has 1 aliphatic heterocycles. The Morgan fingerprint density at radius 2 is 1.89 bits per heavy atom. The van der Waals surface area contributed by atoms with Crippen LogP contribution < -0.4 is 5.32 Å². The normalized spacial score (nSPS) is 19.5. The lowest BCUT2D eigenvalue weighted by molar-refractivity contribution is 0.166. The van der Waals surface area contributed by atoms with Gasteiger partial charge >= 0.3 is 0 Å². The first-order valence-electron chi connectivity index (χ1n) is 7.04. The number of nitrogens with one attached hydrogen (secondary N) is 1. The van der Waals surface area contributed by atoms with Gasteiger partial charge in [0.15, 0.2) is 0 Å². The number of hydrogen-bond donors (Lipinski definition) is 2. The lowest BCUT2D eigenvalue weighted by Gasteiger charge is -2.22. The largest absolute Gasteiger partial charge is 0.387 e. The van der Waals surface area contributed by atoms with Crippen molar-refractivity contribution in [3.8, 4) is 0 Å². The van der Waals surface area contributed by atoms with Gasteiger partial charge in [0.2, 0.25) is 0 Å². The molecule has 0 saturated carbocycles. The fraction of sp³-hybridized carbons (Fsp3) is 0.600. The second kappa shape index (κ2) is 6.98. The van der Waals surface area contributed by atoms with Crippen molar-refractivity contribution in [1.82, 2.24) is 10.2 Å². The fourth-order valence-electron chi connectivity index (χ4n) is 2.53. The SMILES string of the molecule is CC(CN1CCCC1)NCC(O)c1ccc(F)cc1. The number of benzene rings is 1. The first kappa shape index (κ1) is 14.4. The molecule has 106 valence electrons. The lowest BCUT2D eigenvalue weighted by atomic mass is 10.1. The number of likely N-dealkylation sites (tertiary alicyclic amines) is 1. The first-order valence-corrected chi connectivity index (χ1v) is 7.04. The average Bonchev–Trinajstić information content (AvgIpc) is 2.89. The Kier molecular flexibility index (Phi) is 5.31. The predicted molar refractivity (Wildman–Crippen MR) is 74.5 cm³/mol. The Hall–Kier alpha value is -0.970. The summed E-state index contributed by atoms with van der Waals surface area (Å²) in [7, 11) is 0. The second-order valence-corrected chi connectivity index (χ2v) is 5.38. The molecule has 1 aromatic carbocycles. The molecule has 0 radical (unpaired) electrons. The minimum Gasteiger partial charge on any atom is -0.387 e. The van der Waals surface area contributed by atoms with E-state index < -0.39 is 6.10 Å². The van der Waals surface area contributed by atoms with Gasteiger partial charge in [0.1, 0.15) is 5.82 Å². The van der Waals surface area contributed by atoms with Crippen LogP contribution in [0.2, 0.25) is 0 Å². The van der Waals surface area contributed by atoms with Crippen molar-refractivity contribution < 1.29 is 9.50 Å². The molecule has 1 saturated heterocycles. The summed E-state index contributed by atoms with van der Waals surface area (Å²) in [5.74, 6) is -0.272. The van der Waals surface area contributed by atoms with Gasteiger partial charge in [0.25, 0.3) is 0 Å². The zero-order valence-electron chi connectivity index (χ0n) is 11.5. The second-order valence-electron chi connectivity index (χ2n) is 5.38. The third-order valence-corrected chi connectivity index (χ3v) is 3.65. The van der Waals surface area contributed by atoms with E-state index in [-0.39, 0.29) is 5.82 Å². The van der Waals surface area contributed by atoms with Crippen LogP contribution in [0.15, 0.2) is 24.3 Å². The molecular weight excluding hydrogens is 243 g/mol. The number of halogens is 1. The molecule has 2 rings (SSSR count). The van der Waals surface area contributed by atoms with Crippen LogP contribution in [-0.2, 0) is 0 Å². The molecule has 0 spiro atoms. The summed E-state index contributed by atoms with van der Waals surface area (Å²) >= 11 is 0. The molecule has 0 aliphatic carbocycles. The minimum atomic E-state index is -0.582. The number of aliphatic hydroxyl groups is 1. The van der Waals surface area contributed by atoms with Crippen LogP contribution in [0.4, 0.5) is 4.39 Å². The van der Waals surface area contributed by atoms with Crippen molar-refractivity contribution in [2.24, 2.45) is 0 Å². The summed E-state index contributed by atoms with van der Waals surface area (Å²) in [6.07, 6.45) is 2.01. The van der Waals surface area contributed by atoms with Gasteiger partial charge in [-0.3, -0.25) is 0 Å². The predicted octanol–water partition coefficient (Wildman–Crippen LogP) is 1.93. The number of aliphatic hydroxyl groups excluding tert-OH is 1. The van der Waals surface area contributed by atoms with Crippen molar-refractivity contribution in [3.05, 3.63) is 35.6 Å². The van der Waals surface area contributed by atoms with Crippen molar-refractivity contribution in [2.45, 2.75) is 31.9 Å².